The van der Waals surface area contributed by atoms with Gasteiger partial charge in [0, 0.05) is 22.8 Å². The number of anilines is 1. The van der Waals surface area contributed by atoms with Gasteiger partial charge in [-0.15, -0.1) is 0 Å². The molecule has 128 valence electrons. The second-order valence-corrected chi connectivity index (χ2v) is 6.35. The zero-order valence-corrected chi connectivity index (χ0v) is 14.8. The van der Waals surface area contributed by atoms with Crippen LogP contribution < -0.4 is 10.1 Å². The van der Waals surface area contributed by atoms with Gasteiger partial charge in [0.05, 0.1) is 5.02 Å². The molecule has 0 amide bonds. The molecule has 25 heavy (non-hydrogen) atoms. The number of benzene rings is 3. The van der Waals surface area contributed by atoms with Crippen molar-refractivity contribution in [2.75, 3.05) is 5.32 Å². The molecule has 0 spiro atoms. The third-order valence-electron chi connectivity index (χ3n) is 3.68. The SMILES string of the molecule is Fc1ccc(NCc2ccccc2OCc2ccc(Cl)cc2)cc1Cl. The fourth-order valence-corrected chi connectivity index (χ4v) is 2.64. The molecule has 5 heteroatoms. The molecule has 0 saturated carbocycles. The topological polar surface area (TPSA) is 21.3 Å². The second kappa shape index (κ2) is 8.24. The molecule has 0 aliphatic rings. The molecule has 0 bridgehead atoms. The molecule has 1 N–H and O–H groups in total. The Morgan fingerprint density at radius 3 is 2.44 bits per heavy atom. The quantitative estimate of drug-likeness (QED) is 0.543. The molecule has 3 rings (SSSR count). The normalized spacial score (nSPS) is 10.5. The van der Waals surface area contributed by atoms with Crippen LogP contribution in [0.5, 0.6) is 5.75 Å². The van der Waals surface area contributed by atoms with Gasteiger partial charge < -0.3 is 10.1 Å². The number of rotatable bonds is 6. The van der Waals surface area contributed by atoms with Gasteiger partial charge in [0.2, 0.25) is 0 Å². The van der Waals surface area contributed by atoms with E-state index in [-0.39, 0.29) is 5.02 Å². The zero-order valence-electron chi connectivity index (χ0n) is 13.3. The Hall–Kier alpha value is -2.23. The van der Waals surface area contributed by atoms with E-state index in [0.29, 0.717) is 18.2 Å². The summed E-state index contributed by atoms with van der Waals surface area (Å²) in [5.74, 6) is 0.358. The number of para-hydroxylation sites is 1. The van der Waals surface area contributed by atoms with Crippen LogP contribution >= 0.6 is 23.2 Å². The maximum Gasteiger partial charge on any atom is 0.141 e. The predicted octanol–water partition coefficient (Wildman–Crippen LogP) is 6.32. The summed E-state index contributed by atoms with van der Waals surface area (Å²) in [4.78, 5) is 0. The molecule has 3 aromatic rings. The van der Waals surface area contributed by atoms with Gasteiger partial charge in [0.25, 0.3) is 0 Å². The number of halogens is 3. The first kappa shape index (κ1) is 17.6. The molecule has 0 aliphatic carbocycles. The third-order valence-corrected chi connectivity index (χ3v) is 4.22. The Labute approximate surface area is 156 Å². The lowest BCUT2D eigenvalue weighted by Crippen LogP contribution is -2.03. The van der Waals surface area contributed by atoms with E-state index in [1.54, 1.807) is 12.1 Å². The van der Waals surface area contributed by atoms with Crippen LogP contribution in [-0.4, -0.2) is 0 Å². The van der Waals surface area contributed by atoms with Gasteiger partial charge in [-0.2, -0.15) is 0 Å². The van der Waals surface area contributed by atoms with Crippen LogP contribution in [-0.2, 0) is 13.2 Å². The van der Waals surface area contributed by atoms with Crippen molar-refractivity contribution in [2.45, 2.75) is 13.2 Å². The van der Waals surface area contributed by atoms with Gasteiger partial charge in [-0.1, -0.05) is 53.5 Å². The third kappa shape index (κ3) is 4.88. The van der Waals surface area contributed by atoms with Gasteiger partial charge in [0.15, 0.2) is 0 Å². The summed E-state index contributed by atoms with van der Waals surface area (Å²) in [5.41, 5.74) is 2.79. The van der Waals surface area contributed by atoms with E-state index in [0.717, 1.165) is 22.6 Å². The summed E-state index contributed by atoms with van der Waals surface area (Å²) in [7, 11) is 0. The Balaban J connectivity index is 1.65. The fraction of sp³-hybridized carbons (Fsp3) is 0.100. The summed E-state index contributed by atoms with van der Waals surface area (Å²) in [6, 6.07) is 19.9. The molecule has 2 nitrogen and oxygen atoms in total. The first-order valence-electron chi connectivity index (χ1n) is 7.76. The van der Waals surface area contributed by atoms with E-state index < -0.39 is 5.82 Å². The first-order chi connectivity index (χ1) is 12.1. The molecule has 0 unspecified atom stereocenters. The first-order valence-corrected chi connectivity index (χ1v) is 8.51. The van der Waals surface area contributed by atoms with Crippen molar-refractivity contribution in [3.8, 4) is 5.75 Å². The van der Waals surface area contributed by atoms with Crippen molar-refractivity contribution < 1.29 is 9.13 Å². The van der Waals surface area contributed by atoms with E-state index in [1.165, 1.54) is 6.07 Å². The predicted molar refractivity (Wildman–Crippen MR) is 101 cm³/mol. The molecule has 0 radical (unpaired) electrons. The number of ether oxygens (including phenoxy) is 1. The van der Waals surface area contributed by atoms with Crippen molar-refractivity contribution in [3.63, 3.8) is 0 Å². The van der Waals surface area contributed by atoms with Crippen molar-refractivity contribution in [1.29, 1.82) is 0 Å². The van der Waals surface area contributed by atoms with Crippen LogP contribution in [0.15, 0.2) is 66.7 Å². The highest BCUT2D eigenvalue weighted by atomic mass is 35.5. The van der Waals surface area contributed by atoms with Crippen molar-refractivity contribution >= 4 is 28.9 Å². The highest BCUT2D eigenvalue weighted by Gasteiger charge is 2.05. The molecule has 0 aromatic heterocycles. The Bertz CT molecular complexity index is 853. The Kier molecular flexibility index (Phi) is 5.79. The van der Waals surface area contributed by atoms with Crippen LogP contribution in [0.3, 0.4) is 0 Å². The summed E-state index contributed by atoms with van der Waals surface area (Å²) >= 11 is 11.7. The lowest BCUT2D eigenvalue weighted by Gasteiger charge is -2.13. The lowest BCUT2D eigenvalue weighted by molar-refractivity contribution is 0.303. The minimum Gasteiger partial charge on any atom is -0.489 e. The number of hydrogen-bond donors (Lipinski definition) is 1. The van der Waals surface area contributed by atoms with Gasteiger partial charge in [-0.3, -0.25) is 0 Å². The maximum absolute atomic E-state index is 13.2. The van der Waals surface area contributed by atoms with E-state index >= 15 is 0 Å². The summed E-state index contributed by atoms with van der Waals surface area (Å²) in [5, 5.41) is 4.02. The molecule has 0 saturated heterocycles. The number of nitrogens with one attached hydrogen (secondary N) is 1. The maximum atomic E-state index is 13.2. The summed E-state index contributed by atoms with van der Waals surface area (Å²) in [6.45, 7) is 0.995. The van der Waals surface area contributed by atoms with Gasteiger partial charge in [0.1, 0.15) is 18.2 Å². The minimum atomic E-state index is -0.432. The Morgan fingerprint density at radius 2 is 1.68 bits per heavy atom. The average Bonchev–Trinajstić information content (AvgIpc) is 2.63. The fourth-order valence-electron chi connectivity index (χ4n) is 2.34. The summed E-state index contributed by atoms with van der Waals surface area (Å²) in [6.07, 6.45) is 0. The van der Waals surface area contributed by atoms with Gasteiger partial charge >= 0.3 is 0 Å². The standard InChI is InChI=1S/C20H16Cl2FNO/c21-16-7-5-14(6-8-16)13-25-20-4-2-1-3-15(20)12-24-17-9-10-19(23)18(22)11-17/h1-11,24H,12-13H2. The largest absolute Gasteiger partial charge is 0.489 e. The van der Waals surface area contributed by atoms with Crippen LogP contribution in [0.25, 0.3) is 0 Å². The molecule has 0 atom stereocenters. The Morgan fingerprint density at radius 1 is 0.920 bits per heavy atom. The molecular formula is C20H16Cl2FNO. The van der Waals surface area contributed by atoms with E-state index in [9.17, 15) is 4.39 Å². The van der Waals surface area contributed by atoms with E-state index in [1.807, 2.05) is 48.5 Å². The van der Waals surface area contributed by atoms with Crippen LogP contribution in [0.1, 0.15) is 11.1 Å². The minimum absolute atomic E-state index is 0.0947. The molecule has 0 fully saturated rings. The molecular weight excluding hydrogens is 360 g/mol. The zero-order chi connectivity index (χ0) is 17.6. The molecule has 0 heterocycles. The van der Waals surface area contributed by atoms with E-state index in [4.69, 9.17) is 27.9 Å². The number of hydrogen-bond acceptors (Lipinski definition) is 2. The van der Waals surface area contributed by atoms with Crippen LogP contribution in [0, 0.1) is 5.82 Å². The molecule has 3 aromatic carbocycles. The van der Waals surface area contributed by atoms with Crippen molar-refractivity contribution in [1.82, 2.24) is 0 Å². The van der Waals surface area contributed by atoms with Gasteiger partial charge in [-0.05, 0) is 42.0 Å². The highest BCUT2D eigenvalue weighted by molar-refractivity contribution is 6.31. The smallest absolute Gasteiger partial charge is 0.141 e. The summed E-state index contributed by atoms with van der Waals surface area (Å²) < 4.78 is 19.1. The van der Waals surface area contributed by atoms with Crippen LogP contribution in [0.4, 0.5) is 10.1 Å². The van der Waals surface area contributed by atoms with Crippen molar-refractivity contribution in [3.05, 3.63) is 93.7 Å². The average molecular weight is 376 g/mol. The van der Waals surface area contributed by atoms with Gasteiger partial charge in [-0.25, -0.2) is 4.39 Å². The van der Waals surface area contributed by atoms with E-state index in [2.05, 4.69) is 5.32 Å². The van der Waals surface area contributed by atoms with Crippen LogP contribution in [0.2, 0.25) is 10.0 Å². The monoisotopic (exact) mass is 375 g/mol. The molecule has 0 aliphatic heterocycles. The van der Waals surface area contributed by atoms with Crippen molar-refractivity contribution in [2.24, 2.45) is 0 Å². The highest BCUT2D eigenvalue weighted by Crippen LogP contribution is 2.23. The second-order valence-electron chi connectivity index (χ2n) is 5.51. The lowest BCUT2D eigenvalue weighted by atomic mass is 10.2.